The largest absolute Gasteiger partial charge is 0.307 e. The predicted octanol–water partition coefficient (Wildman–Crippen LogP) is 4.62. The van der Waals surface area contributed by atoms with E-state index in [2.05, 4.69) is 73.1 Å². The Bertz CT molecular complexity index is 776. The van der Waals surface area contributed by atoms with Crippen LogP contribution in [-0.4, -0.2) is 40.4 Å². The van der Waals surface area contributed by atoms with E-state index in [1.165, 1.54) is 67.8 Å². The van der Waals surface area contributed by atoms with Crippen LogP contribution in [0.25, 0.3) is 5.69 Å². The summed E-state index contributed by atoms with van der Waals surface area (Å²) < 4.78 is 2.18. The monoisotopic (exact) mass is 380 g/mol. The number of aromatic nitrogens is 2. The van der Waals surface area contributed by atoms with Crippen LogP contribution in [0.3, 0.4) is 0 Å². The molecule has 0 amide bonds. The van der Waals surface area contributed by atoms with Crippen molar-refractivity contribution in [2.24, 2.45) is 0 Å². The van der Waals surface area contributed by atoms with Gasteiger partial charge in [-0.2, -0.15) is 5.10 Å². The summed E-state index contributed by atoms with van der Waals surface area (Å²) in [6.45, 7) is 12.7. The summed E-state index contributed by atoms with van der Waals surface area (Å²) in [6, 6.07) is 10.1. The van der Waals surface area contributed by atoms with Crippen molar-refractivity contribution in [1.29, 1.82) is 0 Å². The molecule has 4 heteroatoms. The molecule has 2 aromatic rings. The number of piperidine rings is 1. The first-order valence-corrected chi connectivity index (χ1v) is 11.1. The van der Waals surface area contributed by atoms with Gasteiger partial charge in [0.05, 0.1) is 11.9 Å². The first kappa shape index (κ1) is 19.7. The van der Waals surface area contributed by atoms with Crippen LogP contribution in [0.15, 0.2) is 30.5 Å². The molecule has 1 unspecified atom stereocenters. The van der Waals surface area contributed by atoms with E-state index in [1.54, 1.807) is 0 Å². The Kier molecular flexibility index (Phi) is 5.62. The first-order chi connectivity index (χ1) is 13.5. The summed E-state index contributed by atoms with van der Waals surface area (Å²) in [4.78, 5) is 2.56. The van der Waals surface area contributed by atoms with Gasteiger partial charge in [-0.05, 0) is 74.8 Å². The predicted molar refractivity (Wildman–Crippen MR) is 116 cm³/mol. The average molecular weight is 381 g/mol. The number of fused-ring (bicyclic) bond motifs is 1. The summed E-state index contributed by atoms with van der Waals surface area (Å²) in [5.74, 6) is 0. The van der Waals surface area contributed by atoms with Gasteiger partial charge in [0.2, 0.25) is 0 Å². The van der Waals surface area contributed by atoms with Gasteiger partial charge in [-0.25, -0.2) is 4.68 Å². The molecule has 1 saturated heterocycles. The number of rotatable bonds is 4. The molecule has 0 saturated carbocycles. The van der Waals surface area contributed by atoms with Crippen molar-refractivity contribution >= 4 is 0 Å². The van der Waals surface area contributed by atoms with Gasteiger partial charge in [0, 0.05) is 23.3 Å². The summed E-state index contributed by atoms with van der Waals surface area (Å²) in [6.07, 6.45) is 8.25. The van der Waals surface area contributed by atoms with Crippen molar-refractivity contribution in [2.75, 3.05) is 19.6 Å². The van der Waals surface area contributed by atoms with Crippen molar-refractivity contribution in [3.05, 3.63) is 47.3 Å². The molecule has 1 aromatic heterocycles. The van der Waals surface area contributed by atoms with Gasteiger partial charge in [-0.1, -0.05) is 39.8 Å². The minimum atomic E-state index is 0.185. The molecule has 2 heterocycles. The van der Waals surface area contributed by atoms with Crippen LogP contribution in [0.2, 0.25) is 0 Å². The highest BCUT2D eigenvalue weighted by atomic mass is 15.3. The molecule has 1 aliphatic carbocycles. The van der Waals surface area contributed by atoms with Gasteiger partial charge >= 0.3 is 0 Å². The summed E-state index contributed by atoms with van der Waals surface area (Å²) in [5.41, 5.74) is 5.56. The van der Waals surface area contributed by atoms with E-state index in [-0.39, 0.29) is 5.41 Å². The molecule has 4 nitrogen and oxygen atoms in total. The standard InChI is InChI=1S/C24H36N4/c1-5-27-15-13-19(14-16-27)26-22-7-6-8-23-21(22)17-25-28(23)20-11-9-18(10-12-20)24(2,3)4/h9-12,17,19,22,26H,5-8,13-16H2,1-4H3. The number of hydrogen-bond acceptors (Lipinski definition) is 3. The fourth-order valence-corrected chi connectivity index (χ4v) is 4.76. The summed E-state index contributed by atoms with van der Waals surface area (Å²) in [5, 5.41) is 8.77. The van der Waals surface area contributed by atoms with E-state index < -0.39 is 0 Å². The van der Waals surface area contributed by atoms with E-state index in [9.17, 15) is 0 Å². The van der Waals surface area contributed by atoms with Crippen LogP contribution < -0.4 is 5.32 Å². The number of hydrogen-bond donors (Lipinski definition) is 1. The van der Waals surface area contributed by atoms with Crippen molar-refractivity contribution in [2.45, 2.75) is 77.3 Å². The van der Waals surface area contributed by atoms with Crippen LogP contribution in [-0.2, 0) is 11.8 Å². The smallest absolute Gasteiger partial charge is 0.0649 e. The summed E-state index contributed by atoms with van der Waals surface area (Å²) in [7, 11) is 0. The van der Waals surface area contributed by atoms with Gasteiger partial charge in [0.15, 0.2) is 0 Å². The lowest BCUT2D eigenvalue weighted by Crippen LogP contribution is -2.44. The lowest BCUT2D eigenvalue weighted by Gasteiger charge is -2.35. The molecule has 1 fully saturated rings. The molecule has 0 spiro atoms. The first-order valence-electron chi connectivity index (χ1n) is 11.1. The molecule has 4 rings (SSSR count). The van der Waals surface area contributed by atoms with Gasteiger partial charge in [-0.3, -0.25) is 0 Å². The highest BCUT2D eigenvalue weighted by Gasteiger charge is 2.28. The van der Waals surface area contributed by atoms with Crippen molar-refractivity contribution in [3.8, 4) is 5.69 Å². The van der Waals surface area contributed by atoms with Gasteiger partial charge < -0.3 is 10.2 Å². The molecular weight excluding hydrogens is 344 g/mol. The quantitative estimate of drug-likeness (QED) is 0.840. The number of benzene rings is 1. The van der Waals surface area contributed by atoms with Crippen LogP contribution in [0.4, 0.5) is 0 Å². The highest BCUT2D eigenvalue weighted by Crippen LogP contribution is 2.32. The fourth-order valence-electron chi connectivity index (χ4n) is 4.76. The molecule has 152 valence electrons. The van der Waals surface area contributed by atoms with E-state index >= 15 is 0 Å². The van der Waals surface area contributed by atoms with Crippen molar-refractivity contribution in [1.82, 2.24) is 20.0 Å². The van der Waals surface area contributed by atoms with E-state index in [1.807, 2.05) is 0 Å². The third kappa shape index (κ3) is 4.04. The minimum Gasteiger partial charge on any atom is -0.307 e. The van der Waals surface area contributed by atoms with Gasteiger partial charge in [-0.15, -0.1) is 0 Å². The molecular formula is C24H36N4. The Morgan fingerprint density at radius 1 is 1.07 bits per heavy atom. The van der Waals surface area contributed by atoms with Gasteiger partial charge in [0.25, 0.3) is 0 Å². The Hall–Kier alpha value is -1.65. The molecule has 2 aliphatic rings. The highest BCUT2D eigenvalue weighted by molar-refractivity contribution is 5.40. The normalized spacial score (nSPS) is 21.6. The number of nitrogens with zero attached hydrogens (tertiary/aromatic N) is 3. The van der Waals surface area contributed by atoms with Gasteiger partial charge in [0.1, 0.15) is 0 Å². The molecule has 1 N–H and O–H groups in total. The Balaban J connectivity index is 1.50. The zero-order chi connectivity index (χ0) is 19.7. The lowest BCUT2D eigenvalue weighted by molar-refractivity contribution is 0.196. The molecule has 1 aromatic carbocycles. The second kappa shape index (κ2) is 8.00. The maximum Gasteiger partial charge on any atom is 0.0649 e. The third-order valence-electron chi connectivity index (χ3n) is 6.63. The molecule has 0 radical (unpaired) electrons. The molecule has 1 aliphatic heterocycles. The average Bonchev–Trinajstić information content (AvgIpc) is 3.13. The minimum absolute atomic E-state index is 0.185. The molecule has 28 heavy (non-hydrogen) atoms. The van der Waals surface area contributed by atoms with Crippen LogP contribution in [0.1, 0.15) is 76.2 Å². The topological polar surface area (TPSA) is 33.1 Å². The van der Waals surface area contributed by atoms with Crippen LogP contribution in [0.5, 0.6) is 0 Å². The Morgan fingerprint density at radius 2 is 1.79 bits per heavy atom. The van der Waals surface area contributed by atoms with E-state index in [4.69, 9.17) is 5.10 Å². The van der Waals surface area contributed by atoms with Crippen molar-refractivity contribution in [3.63, 3.8) is 0 Å². The second-order valence-corrected chi connectivity index (χ2v) is 9.58. The fraction of sp³-hybridized carbons (Fsp3) is 0.625. The molecule has 1 atom stereocenters. The Morgan fingerprint density at radius 3 is 2.43 bits per heavy atom. The Labute approximate surface area is 170 Å². The van der Waals surface area contributed by atoms with Crippen molar-refractivity contribution < 1.29 is 0 Å². The van der Waals surface area contributed by atoms with Crippen LogP contribution in [0, 0.1) is 0 Å². The zero-order valence-electron chi connectivity index (χ0n) is 18.0. The molecule has 0 bridgehead atoms. The van der Waals surface area contributed by atoms with Crippen LogP contribution >= 0.6 is 0 Å². The number of likely N-dealkylation sites (tertiary alicyclic amines) is 1. The zero-order valence-corrected chi connectivity index (χ0v) is 18.0. The third-order valence-corrected chi connectivity index (χ3v) is 6.63. The van der Waals surface area contributed by atoms with E-state index in [0.717, 1.165) is 6.42 Å². The maximum atomic E-state index is 4.80. The lowest BCUT2D eigenvalue weighted by atomic mass is 9.87. The maximum absolute atomic E-state index is 4.80. The number of nitrogens with one attached hydrogen (secondary N) is 1. The second-order valence-electron chi connectivity index (χ2n) is 9.58. The van der Waals surface area contributed by atoms with E-state index in [0.29, 0.717) is 12.1 Å². The SMILES string of the molecule is CCN1CCC(NC2CCCc3c2cnn3-c2ccc(C(C)(C)C)cc2)CC1. The summed E-state index contributed by atoms with van der Waals surface area (Å²) >= 11 is 0.